The van der Waals surface area contributed by atoms with Crippen molar-refractivity contribution in [3.8, 4) is 0 Å². The monoisotopic (exact) mass is 218 g/mol. The number of rotatable bonds is 5. The molecule has 0 spiro atoms. The number of allylic oxidation sites excluding steroid dienone is 2. The number of carbonyl (C=O) groups excluding carboxylic acids is 1. The predicted octanol–water partition coefficient (Wildman–Crippen LogP) is 2.45. The molecule has 0 saturated carbocycles. The van der Waals surface area contributed by atoms with Crippen LogP contribution in [0.1, 0.15) is 5.56 Å². The van der Waals surface area contributed by atoms with Crippen molar-refractivity contribution >= 4 is 5.97 Å². The van der Waals surface area contributed by atoms with Crippen LogP contribution in [-0.4, -0.2) is 13.1 Å². The zero-order valence-corrected chi connectivity index (χ0v) is 9.13. The number of esters is 1. The third-order valence-corrected chi connectivity index (χ3v) is 1.80. The highest BCUT2D eigenvalue weighted by atomic mass is 16.5. The fraction of sp³-hybridized carbons (Fsp3) is 0.154. The molecule has 84 valence electrons. The fourth-order valence-corrected chi connectivity index (χ4v) is 1.09. The number of methoxy groups -OCH3 is 1. The van der Waals surface area contributed by atoms with E-state index in [1.165, 1.54) is 12.5 Å². The Labute approximate surface area is 95.0 Å². The first-order valence-corrected chi connectivity index (χ1v) is 4.91. The first-order valence-electron chi connectivity index (χ1n) is 4.91. The zero-order chi connectivity index (χ0) is 11.6. The molecule has 0 unspecified atom stereocenters. The van der Waals surface area contributed by atoms with E-state index in [0.717, 1.165) is 5.56 Å². The van der Waals surface area contributed by atoms with E-state index < -0.39 is 0 Å². The first kappa shape index (κ1) is 12.0. The molecular weight excluding hydrogens is 204 g/mol. The van der Waals surface area contributed by atoms with Gasteiger partial charge in [-0.3, -0.25) is 4.79 Å². The molecule has 0 bridgehead atoms. The van der Waals surface area contributed by atoms with Gasteiger partial charge < -0.3 is 9.47 Å². The van der Waals surface area contributed by atoms with Crippen molar-refractivity contribution in [2.45, 2.75) is 6.42 Å². The van der Waals surface area contributed by atoms with Gasteiger partial charge in [0, 0.05) is 0 Å². The van der Waals surface area contributed by atoms with Crippen molar-refractivity contribution in [2.75, 3.05) is 7.11 Å². The van der Waals surface area contributed by atoms with Gasteiger partial charge in [-0.2, -0.15) is 0 Å². The summed E-state index contributed by atoms with van der Waals surface area (Å²) in [5.74, 6) is -0.284. The Balaban J connectivity index is 2.32. The Bertz CT molecular complexity index is 366. The van der Waals surface area contributed by atoms with Gasteiger partial charge in [0.15, 0.2) is 0 Å². The molecule has 0 aromatic heterocycles. The Kier molecular flexibility index (Phi) is 5.48. The van der Waals surface area contributed by atoms with Crippen LogP contribution in [0.2, 0.25) is 0 Å². The largest absolute Gasteiger partial charge is 0.504 e. The van der Waals surface area contributed by atoms with Crippen molar-refractivity contribution in [2.24, 2.45) is 0 Å². The van der Waals surface area contributed by atoms with Gasteiger partial charge in [0.05, 0.1) is 26.1 Å². The number of hydrogen-bond acceptors (Lipinski definition) is 3. The number of ether oxygens (including phenoxy) is 2. The molecule has 0 fully saturated rings. The maximum Gasteiger partial charge on any atom is 0.315 e. The second kappa shape index (κ2) is 7.29. The van der Waals surface area contributed by atoms with Crippen LogP contribution < -0.4 is 0 Å². The van der Waals surface area contributed by atoms with Crippen LogP contribution in [0.4, 0.5) is 0 Å². The molecule has 1 aromatic carbocycles. The summed E-state index contributed by atoms with van der Waals surface area (Å²) in [4.78, 5) is 11.3. The molecule has 3 nitrogen and oxygen atoms in total. The molecular formula is C13H14O3. The molecule has 1 rings (SSSR count). The summed E-state index contributed by atoms with van der Waals surface area (Å²) in [7, 11) is 1.55. The average Bonchev–Trinajstić information content (AvgIpc) is 2.30. The minimum absolute atomic E-state index is 0.277. The molecule has 0 radical (unpaired) electrons. The molecule has 1 aromatic rings. The molecule has 0 aliphatic rings. The normalized spacial score (nSPS) is 10.8. The van der Waals surface area contributed by atoms with Gasteiger partial charge in [-0.25, -0.2) is 0 Å². The van der Waals surface area contributed by atoms with E-state index >= 15 is 0 Å². The molecule has 16 heavy (non-hydrogen) atoms. The van der Waals surface area contributed by atoms with Crippen molar-refractivity contribution in [3.05, 3.63) is 60.6 Å². The smallest absolute Gasteiger partial charge is 0.315 e. The minimum Gasteiger partial charge on any atom is -0.504 e. The SMILES string of the molecule is CO/C=C\C=C/OC(=O)Cc1ccccc1. The Morgan fingerprint density at radius 3 is 2.56 bits per heavy atom. The van der Waals surface area contributed by atoms with Crippen LogP contribution in [0.15, 0.2) is 55.0 Å². The molecule has 0 N–H and O–H groups in total. The van der Waals surface area contributed by atoms with E-state index in [2.05, 4.69) is 4.74 Å². The zero-order valence-electron chi connectivity index (χ0n) is 9.13. The summed E-state index contributed by atoms with van der Waals surface area (Å²) in [6.07, 6.45) is 6.32. The summed E-state index contributed by atoms with van der Waals surface area (Å²) in [6, 6.07) is 9.45. The van der Waals surface area contributed by atoms with Crippen LogP contribution in [-0.2, 0) is 20.7 Å². The van der Waals surface area contributed by atoms with Gasteiger partial charge in [-0.15, -0.1) is 0 Å². The summed E-state index contributed by atoms with van der Waals surface area (Å²) < 4.78 is 9.54. The highest BCUT2D eigenvalue weighted by Crippen LogP contribution is 2.00. The van der Waals surface area contributed by atoms with Gasteiger partial charge in [-0.1, -0.05) is 30.3 Å². The lowest BCUT2D eigenvalue weighted by molar-refractivity contribution is -0.137. The van der Waals surface area contributed by atoms with Gasteiger partial charge in [-0.05, 0) is 17.7 Å². The van der Waals surface area contributed by atoms with Gasteiger partial charge in [0.1, 0.15) is 0 Å². The van der Waals surface area contributed by atoms with E-state index in [0.29, 0.717) is 0 Å². The van der Waals surface area contributed by atoms with E-state index in [9.17, 15) is 4.79 Å². The Morgan fingerprint density at radius 2 is 1.88 bits per heavy atom. The van der Waals surface area contributed by atoms with Crippen LogP contribution in [0, 0.1) is 0 Å². The fourth-order valence-electron chi connectivity index (χ4n) is 1.09. The van der Waals surface area contributed by atoms with E-state index in [1.807, 2.05) is 30.3 Å². The van der Waals surface area contributed by atoms with Crippen molar-refractivity contribution < 1.29 is 14.3 Å². The Morgan fingerprint density at radius 1 is 1.19 bits per heavy atom. The standard InChI is InChI=1S/C13H14O3/c1-15-9-5-6-10-16-13(14)11-12-7-3-2-4-8-12/h2-10H,11H2,1H3/b9-5-,10-6-. The van der Waals surface area contributed by atoms with Crippen LogP contribution in [0.5, 0.6) is 0 Å². The second-order valence-corrected chi connectivity index (χ2v) is 3.05. The topological polar surface area (TPSA) is 35.5 Å². The lowest BCUT2D eigenvalue weighted by Gasteiger charge is -1.98. The molecule has 0 amide bonds. The highest BCUT2D eigenvalue weighted by Gasteiger charge is 2.01. The second-order valence-electron chi connectivity index (χ2n) is 3.05. The van der Waals surface area contributed by atoms with Crippen LogP contribution in [0.25, 0.3) is 0 Å². The van der Waals surface area contributed by atoms with Crippen molar-refractivity contribution in [3.63, 3.8) is 0 Å². The molecule has 0 saturated heterocycles. The van der Waals surface area contributed by atoms with E-state index in [-0.39, 0.29) is 12.4 Å². The summed E-state index contributed by atoms with van der Waals surface area (Å²) in [6.45, 7) is 0. The van der Waals surface area contributed by atoms with Gasteiger partial charge in [0.25, 0.3) is 0 Å². The predicted molar refractivity (Wildman–Crippen MR) is 61.5 cm³/mol. The van der Waals surface area contributed by atoms with Gasteiger partial charge >= 0.3 is 5.97 Å². The third kappa shape index (κ3) is 5.00. The third-order valence-electron chi connectivity index (χ3n) is 1.80. The Hall–Kier alpha value is -2.03. The van der Waals surface area contributed by atoms with Crippen molar-refractivity contribution in [1.29, 1.82) is 0 Å². The number of carbonyl (C=O) groups is 1. The lowest BCUT2D eigenvalue weighted by Crippen LogP contribution is -2.03. The minimum atomic E-state index is -0.284. The maximum absolute atomic E-state index is 11.3. The highest BCUT2D eigenvalue weighted by molar-refractivity contribution is 5.73. The maximum atomic E-state index is 11.3. The molecule has 0 atom stereocenters. The van der Waals surface area contributed by atoms with Crippen LogP contribution >= 0.6 is 0 Å². The summed E-state index contributed by atoms with van der Waals surface area (Å²) >= 11 is 0. The van der Waals surface area contributed by atoms with Crippen molar-refractivity contribution in [1.82, 2.24) is 0 Å². The lowest BCUT2D eigenvalue weighted by atomic mass is 10.2. The van der Waals surface area contributed by atoms with Crippen LogP contribution in [0.3, 0.4) is 0 Å². The average molecular weight is 218 g/mol. The number of hydrogen-bond donors (Lipinski definition) is 0. The summed E-state index contributed by atoms with van der Waals surface area (Å²) in [5.41, 5.74) is 0.938. The molecule has 0 heterocycles. The molecule has 3 heteroatoms. The summed E-state index contributed by atoms with van der Waals surface area (Å²) in [5, 5.41) is 0. The van der Waals surface area contributed by atoms with Gasteiger partial charge in [0.2, 0.25) is 0 Å². The molecule has 0 aliphatic carbocycles. The van der Waals surface area contributed by atoms with E-state index in [1.54, 1.807) is 19.3 Å². The first-order chi connectivity index (χ1) is 7.83. The number of benzene rings is 1. The quantitative estimate of drug-likeness (QED) is 0.432. The van der Waals surface area contributed by atoms with E-state index in [4.69, 9.17) is 4.74 Å². The molecule has 0 aliphatic heterocycles.